The van der Waals surface area contributed by atoms with E-state index in [1.165, 1.54) is 0 Å². The molecular weight excluding hydrogens is 271 g/mol. The van der Waals surface area contributed by atoms with Gasteiger partial charge in [0, 0.05) is 5.92 Å². The number of benzene rings is 1. The molecule has 5 heteroatoms. The van der Waals surface area contributed by atoms with Crippen molar-refractivity contribution in [3.05, 3.63) is 28.8 Å². The van der Waals surface area contributed by atoms with Gasteiger partial charge in [-0.15, -0.1) is 12.4 Å². The van der Waals surface area contributed by atoms with Crippen molar-refractivity contribution in [2.75, 3.05) is 18.4 Å². The van der Waals surface area contributed by atoms with E-state index >= 15 is 0 Å². The normalized spacial score (nSPS) is 15.9. The van der Waals surface area contributed by atoms with E-state index in [-0.39, 0.29) is 24.2 Å². The van der Waals surface area contributed by atoms with Crippen LogP contribution in [0, 0.1) is 12.8 Å². The highest BCUT2D eigenvalue weighted by molar-refractivity contribution is 6.33. The second kappa shape index (κ2) is 6.98. The molecule has 18 heavy (non-hydrogen) atoms. The fourth-order valence-electron chi connectivity index (χ4n) is 2.04. The van der Waals surface area contributed by atoms with Crippen LogP contribution in [0.2, 0.25) is 5.02 Å². The van der Waals surface area contributed by atoms with Gasteiger partial charge in [0.1, 0.15) is 0 Å². The van der Waals surface area contributed by atoms with Gasteiger partial charge in [-0.05, 0) is 50.6 Å². The van der Waals surface area contributed by atoms with Gasteiger partial charge in [-0.2, -0.15) is 0 Å². The van der Waals surface area contributed by atoms with E-state index in [1.54, 1.807) is 0 Å². The molecule has 3 nitrogen and oxygen atoms in total. The smallest absolute Gasteiger partial charge is 0.227 e. The standard InChI is InChI=1S/C13H17ClN2O.ClH/c1-9-2-3-12(11(14)8-9)16-13(17)10-4-6-15-7-5-10;/h2-3,8,10,15H,4-7H2,1H3,(H,16,17);1H. The lowest BCUT2D eigenvalue weighted by molar-refractivity contribution is -0.120. The SMILES string of the molecule is Cc1ccc(NC(=O)C2CCNCC2)c(Cl)c1.Cl. The van der Waals surface area contributed by atoms with Crippen LogP contribution in [0.5, 0.6) is 0 Å². The Labute approximate surface area is 119 Å². The highest BCUT2D eigenvalue weighted by Crippen LogP contribution is 2.24. The molecule has 0 unspecified atom stereocenters. The summed E-state index contributed by atoms with van der Waals surface area (Å²) >= 11 is 6.09. The Bertz CT molecular complexity index is 417. The Balaban J connectivity index is 0.00000162. The lowest BCUT2D eigenvalue weighted by Crippen LogP contribution is -2.34. The first-order chi connectivity index (χ1) is 8.16. The molecule has 1 heterocycles. The summed E-state index contributed by atoms with van der Waals surface area (Å²) < 4.78 is 0. The molecule has 2 rings (SSSR count). The van der Waals surface area contributed by atoms with Crippen LogP contribution in [0.25, 0.3) is 0 Å². The summed E-state index contributed by atoms with van der Waals surface area (Å²) in [7, 11) is 0. The number of carbonyl (C=O) groups excluding carboxylic acids is 1. The van der Waals surface area contributed by atoms with Crippen molar-refractivity contribution in [1.29, 1.82) is 0 Å². The molecule has 100 valence electrons. The Hall–Kier alpha value is -0.770. The first-order valence-corrected chi connectivity index (χ1v) is 6.32. The fraction of sp³-hybridized carbons (Fsp3) is 0.462. The largest absolute Gasteiger partial charge is 0.325 e. The molecule has 1 aliphatic heterocycles. The maximum Gasteiger partial charge on any atom is 0.227 e. The third-order valence-electron chi connectivity index (χ3n) is 3.09. The van der Waals surface area contributed by atoms with E-state index in [4.69, 9.17) is 11.6 Å². The molecule has 0 radical (unpaired) electrons. The van der Waals surface area contributed by atoms with Crippen LogP contribution >= 0.6 is 24.0 Å². The lowest BCUT2D eigenvalue weighted by Gasteiger charge is -2.22. The van der Waals surface area contributed by atoms with Crippen LogP contribution in [0.3, 0.4) is 0 Å². The molecule has 0 spiro atoms. The number of hydrogen-bond acceptors (Lipinski definition) is 2. The Morgan fingerprint density at radius 3 is 2.67 bits per heavy atom. The number of halogens is 2. The summed E-state index contributed by atoms with van der Waals surface area (Å²) in [5.74, 6) is 0.186. The third-order valence-corrected chi connectivity index (χ3v) is 3.41. The zero-order valence-corrected chi connectivity index (χ0v) is 11.9. The highest BCUT2D eigenvalue weighted by atomic mass is 35.5. The third kappa shape index (κ3) is 3.87. The monoisotopic (exact) mass is 288 g/mol. The molecule has 0 saturated carbocycles. The molecule has 2 N–H and O–H groups in total. The minimum absolute atomic E-state index is 0. The number of rotatable bonds is 2. The summed E-state index contributed by atoms with van der Waals surface area (Å²) in [6.45, 7) is 3.81. The highest BCUT2D eigenvalue weighted by Gasteiger charge is 2.21. The first-order valence-electron chi connectivity index (χ1n) is 5.94. The number of piperidine rings is 1. The van der Waals surface area contributed by atoms with Crippen LogP contribution in [0.4, 0.5) is 5.69 Å². The van der Waals surface area contributed by atoms with Crippen molar-refractivity contribution in [3.63, 3.8) is 0 Å². The van der Waals surface area contributed by atoms with Gasteiger partial charge in [0.2, 0.25) is 5.91 Å². The molecular formula is C13H18Cl2N2O. The van der Waals surface area contributed by atoms with Crippen LogP contribution in [0.15, 0.2) is 18.2 Å². The maximum absolute atomic E-state index is 12.0. The van der Waals surface area contributed by atoms with Crippen molar-refractivity contribution in [3.8, 4) is 0 Å². The zero-order chi connectivity index (χ0) is 12.3. The number of nitrogens with one attached hydrogen (secondary N) is 2. The van der Waals surface area contributed by atoms with Crippen LogP contribution in [0.1, 0.15) is 18.4 Å². The molecule has 0 bridgehead atoms. The predicted octanol–water partition coefficient (Wildman–Crippen LogP) is 3.01. The summed E-state index contributed by atoms with van der Waals surface area (Å²) in [4.78, 5) is 12.0. The van der Waals surface area contributed by atoms with Crippen molar-refractivity contribution in [1.82, 2.24) is 5.32 Å². The van der Waals surface area contributed by atoms with Crippen molar-refractivity contribution in [2.45, 2.75) is 19.8 Å². The second-order valence-electron chi connectivity index (χ2n) is 4.50. The summed E-state index contributed by atoms with van der Waals surface area (Å²) in [5, 5.41) is 6.76. The van der Waals surface area contributed by atoms with Gasteiger partial charge >= 0.3 is 0 Å². The molecule has 1 aliphatic rings. The second-order valence-corrected chi connectivity index (χ2v) is 4.90. The predicted molar refractivity (Wildman–Crippen MR) is 77.7 cm³/mol. The number of hydrogen-bond donors (Lipinski definition) is 2. The average molecular weight is 289 g/mol. The Morgan fingerprint density at radius 1 is 1.39 bits per heavy atom. The van der Waals surface area contributed by atoms with Gasteiger partial charge in [-0.1, -0.05) is 17.7 Å². The summed E-state index contributed by atoms with van der Waals surface area (Å²) in [5.41, 5.74) is 1.80. The zero-order valence-electron chi connectivity index (χ0n) is 10.3. The van der Waals surface area contributed by atoms with E-state index in [9.17, 15) is 4.79 Å². The lowest BCUT2D eigenvalue weighted by atomic mass is 9.97. The quantitative estimate of drug-likeness (QED) is 0.878. The Kier molecular flexibility index (Phi) is 5.93. The van der Waals surface area contributed by atoms with Gasteiger partial charge in [0.25, 0.3) is 0 Å². The molecule has 0 aliphatic carbocycles. The van der Waals surface area contributed by atoms with E-state index in [0.29, 0.717) is 10.7 Å². The first kappa shape index (κ1) is 15.3. The van der Waals surface area contributed by atoms with E-state index in [2.05, 4.69) is 10.6 Å². The molecule has 1 aromatic rings. The maximum atomic E-state index is 12.0. The fourth-order valence-corrected chi connectivity index (χ4v) is 2.32. The minimum atomic E-state index is 0. The molecule has 1 amide bonds. The number of carbonyl (C=O) groups is 1. The molecule has 0 aromatic heterocycles. The van der Waals surface area contributed by atoms with Gasteiger partial charge in [0.15, 0.2) is 0 Å². The molecule has 1 fully saturated rings. The van der Waals surface area contributed by atoms with Crippen molar-refractivity contribution >= 4 is 35.6 Å². The van der Waals surface area contributed by atoms with Gasteiger partial charge in [0.05, 0.1) is 10.7 Å². The Morgan fingerprint density at radius 2 is 2.06 bits per heavy atom. The number of aryl methyl sites for hydroxylation is 1. The van der Waals surface area contributed by atoms with Crippen molar-refractivity contribution in [2.24, 2.45) is 5.92 Å². The van der Waals surface area contributed by atoms with E-state index < -0.39 is 0 Å². The number of amides is 1. The number of anilines is 1. The average Bonchev–Trinajstić information content (AvgIpc) is 2.34. The van der Waals surface area contributed by atoms with Crippen LogP contribution < -0.4 is 10.6 Å². The minimum Gasteiger partial charge on any atom is -0.325 e. The molecule has 1 aromatic carbocycles. The topological polar surface area (TPSA) is 41.1 Å². The van der Waals surface area contributed by atoms with Gasteiger partial charge in [-0.3, -0.25) is 4.79 Å². The van der Waals surface area contributed by atoms with Crippen molar-refractivity contribution < 1.29 is 4.79 Å². The molecule has 1 saturated heterocycles. The van der Waals surface area contributed by atoms with Crippen LogP contribution in [-0.2, 0) is 4.79 Å². The summed E-state index contributed by atoms with van der Waals surface area (Å²) in [6.07, 6.45) is 1.80. The van der Waals surface area contributed by atoms with E-state index in [0.717, 1.165) is 31.5 Å². The van der Waals surface area contributed by atoms with Gasteiger partial charge < -0.3 is 10.6 Å². The summed E-state index contributed by atoms with van der Waals surface area (Å²) in [6, 6.07) is 5.67. The molecule has 0 atom stereocenters. The van der Waals surface area contributed by atoms with Gasteiger partial charge in [-0.25, -0.2) is 0 Å². The van der Waals surface area contributed by atoms with Crippen LogP contribution in [-0.4, -0.2) is 19.0 Å². The van der Waals surface area contributed by atoms with E-state index in [1.807, 2.05) is 25.1 Å².